The van der Waals surface area contributed by atoms with E-state index in [0.29, 0.717) is 5.56 Å². The Labute approximate surface area is 99.8 Å². The van der Waals surface area contributed by atoms with Crippen molar-refractivity contribution in [3.05, 3.63) is 65.0 Å². The van der Waals surface area contributed by atoms with Crippen molar-refractivity contribution in [2.24, 2.45) is 0 Å². The first-order chi connectivity index (χ1) is 8.22. The van der Waals surface area contributed by atoms with Crippen molar-refractivity contribution in [2.45, 2.75) is 13.0 Å². The van der Waals surface area contributed by atoms with Gasteiger partial charge in [-0.05, 0) is 30.2 Å². The molecule has 1 aromatic heterocycles. The first-order valence-electron chi connectivity index (χ1n) is 5.36. The molecule has 3 heteroatoms. The number of benzene rings is 1. The maximum absolute atomic E-state index is 10.6. The van der Waals surface area contributed by atoms with Crippen molar-refractivity contribution in [3.63, 3.8) is 0 Å². The summed E-state index contributed by atoms with van der Waals surface area (Å²) in [5.41, 5.74) is 3.05. The summed E-state index contributed by atoms with van der Waals surface area (Å²) in [6.07, 6.45) is 3.40. The van der Waals surface area contributed by atoms with Gasteiger partial charge in [-0.15, -0.1) is 0 Å². The fourth-order valence-electron chi connectivity index (χ4n) is 1.80. The number of hydrogen-bond acceptors (Lipinski definition) is 3. The molecule has 1 atom stereocenters. The Hall–Kier alpha value is -2.00. The third kappa shape index (κ3) is 2.40. The Bertz CT molecular complexity index is 523. The molecular formula is C14H13NO2. The highest BCUT2D eigenvalue weighted by Gasteiger charge is 2.12. The molecule has 17 heavy (non-hydrogen) atoms. The van der Waals surface area contributed by atoms with Crippen LogP contribution in [0.4, 0.5) is 0 Å². The van der Waals surface area contributed by atoms with Crippen molar-refractivity contribution in [3.8, 4) is 0 Å². The summed E-state index contributed by atoms with van der Waals surface area (Å²) in [6, 6.07) is 8.85. The van der Waals surface area contributed by atoms with Gasteiger partial charge in [-0.3, -0.25) is 9.78 Å². The van der Waals surface area contributed by atoms with Crippen LogP contribution in [0.2, 0.25) is 0 Å². The van der Waals surface area contributed by atoms with Crippen molar-refractivity contribution in [1.82, 2.24) is 4.98 Å². The van der Waals surface area contributed by atoms with Gasteiger partial charge in [-0.1, -0.05) is 18.2 Å². The molecular weight excluding hydrogens is 214 g/mol. The van der Waals surface area contributed by atoms with Crippen LogP contribution >= 0.6 is 0 Å². The van der Waals surface area contributed by atoms with Gasteiger partial charge in [0.15, 0.2) is 0 Å². The number of pyridine rings is 1. The molecule has 0 bridgehead atoms. The van der Waals surface area contributed by atoms with Crippen LogP contribution in [0, 0.1) is 6.92 Å². The number of rotatable bonds is 3. The molecule has 0 aliphatic carbocycles. The molecule has 0 fully saturated rings. The molecule has 0 aliphatic heterocycles. The van der Waals surface area contributed by atoms with Gasteiger partial charge in [-0.2, -0.15) is 0 Å². The van der Waals surface area contributed by atoms with Crippen LogP contribution in [-0.4, -0.2) is 16.4 Å². The van der Waals surface area contributed by atoms with Crippen LogP contribution < -0.4 is 0 Å². The first kappa shape index (κ1) is 11.5. The summed E-state index contributed by atoms with van der Waals surface area (Å²) in [5, 5.41) is 10.2. The molecule has 2 aromatic rings. The lowest BCUT2D eigenvalue weighted by Gasteiger charge is -2.13. The van der Waals surface area contributed by atoms with E-state index < -0.39 is 6.10 Å². The predicted molar refractivity (Wildman–Crippen MR) is 64.9 cm³/mol. The largest absolute Gasteiger partial charge is 0.384 e. The van der Waals surface area contributed by atoms with E-state index in [-0.39, 0.29) is 0 Å². The van der Waals surface area contributed by atoms with Crippen molar-refractivity contribution in [2.75, 3.05) is 0 Å². The van der Waals surface area contributed by atoms with E-state index in [1.165, 1.54) is 0 Å². The molecule has 0 amide bonds. The molecule has 1 N–H and O–H groups in total. The monoisotopic (exact) mass is 227 g/mol. The minimum Gasteiger partial charge on any atom is -0.384 e. The number of carbonyl (C=O) groups is 1. The van der Waals surface area contributed by atoms with Crippen LogP contribution in [0.15, 0.2) is 42.7 Å². The predicted octanol–water partition coefficient (Wildman–Crippen LogP) is 2.28. The van der Waals surface area contributed by atoms with E-state index in [2.05, 4.69) is 4.98 Å². The molecule has 3 nitrogen and oxygen atoms in total. The van der Waals surface area contributed by atoms with E-state index in [1.54, 1.807) is 36.7 Å². The summed E-state index contributed by atoms with van der Waals surface area (Å²) >= 11 is 0. The molecule has 86 valence electrons. The molecule has 1 aromatic carbocycles. The Morgan fingerprint density at radius 3 is 2.76 bits per heavy atom. The number of aliphatic hydroxyl groups excluding tert-OH is 1. The van der Waals surface area contributed by atoms with E-state index in [4.69, 9.17) is 0 Å². The van der Waals surface area contributed by atoms with Crippen LogP contribution in [0.1, 0.15) is 33.2 Å². The van der Waals surface area contributed by atoms with Crippen LogP contribution in [-0.2, 0) is 0 Å². The van der Waals surface area contributed by atoms with Crippen LogP contribution in [0.3, 0.4) is 0 Å². The van der Waals surface area contributed by atoms with Gasteiger partial charge in [0.05, 0.1) is 0 Å². The Kier molecular flexibility index (Phi) is 3.30. The standard InChI is InChI=1S/C14H13NO2/c1-10-7-11(9-16)4-5-13(10)14(17)12-3-2-6-15-8-12/h2-9,14,17H,1H3/t14-/m1/s1. The summed E-state index contributed by atoms with van der Waals surface area (Å²) in [7, 11) is 0. The molecule has 0 unspecified atom stereocenters. The van der Waals surface area contributed by atoms with E-state index >= 15 is 0 Å². The van der Waals surface area contributed by atoms with Crippen molar-refractivity contribution >= 4 is 6.29 Å². The minimum atomic E-state index is -0.704. The van der Waals surface area contributed by atoms with Gasteiger partial charge in [0.25, 0.3) is 0 Å². The number of aldehydes is 1. The van der Waals surface area contributed by atoms with Gasteiger partial charge >= 0.3 is 0 Å². The van der Waals surface area contributed by atoms with Gasteiger partial charge in [0.1, 0.15) is 12.4 Å². The molecule has 0 radical (unpaired) electrons. The third-order valence-corrected chi connectivity index (χ3v) is 2.72. The summed E-state index contributed by atoms with van der Waals surface area (Å²) < 4.78 is 0. The maximum Gasteiger partial charge on any atom is 0.150 e. The zero-order valence-corrected chi connectivity index (χ0v) is 9.50. The first-order valence-corrected chi connectivity index (χ1v) is 5.36. The maximum atomic E-state index is 10.6. The van der Waals surface area contributed by atoms with E-state index in [9.17, 15) is 9.90 Å². The van der Waals surface area contributed by atoms with Crippen LogP contribution in [0.25, 0.3) is 0 Å². The Balaban J connectivity index is 2.38. The zero-order valence-electron chi connectivity index (χ0n) is 9.50. The van der Waals surface area contributed by atoms with Crippen LogP contribution in [0.5, 0.6) is 0 Å². The molecule has 2 rings (SSSR count). The van der Waals surface area contributed by atoms with E-state index in [1.807, 2.05) is 13.0 Å². The smallest absolute Gasteiger partial charge is 0.150 e. The van der Waals surface area contributed by atoms with Gasteiger partial charge in [-0.25, -0.2) is 0 Å². The van der Waals surface area contributed by atoms with Gasteiger partial charge < -0.3 is 5.11 Å². The van der Waals surface area contributed by atoms with E-state index in [0.717, 1.165) is 23.0 Å². The summed E-state index contributed by atoms with van der Waals surface area (Å²) in [4.78, 5) is 14.6. The lowest BCUT2D eigenvalue weighted by atomic mass is 9.97. The quantitative estimate of drug-likeness (QED) is 0.818. The molecule has 0 aliphatic rings. The number of aryl methyl sites for hydroxylation is 1. The molecule has 0 spiro atoms. The number of nitrogens with zero attached hydrogens (tertiary/aromatic N) is 1. The second-order valence-electron chi connectivity index (χ2n) is 3.92. The second-order valence-corrected chi connectivity index (χ2v) is 3.92. The normalized spacial score (nSPS) is 12.1. The lowest BCUT2D eigenvalue weighted by molar-refractivity contribution is 0.112. The Morgan fingerprint density at radius 2 is 2.18 bits per heavy atom. The SMILES string of the molecule is Cc1cc(C=O)ccc1[C@H](O)c1cccnc1. The lowest BCUT2D eigenvalue weighted by Crippen LogP contribution is -2.02. The second kappa shape index (κ2) is 4.89. The van der Waals surface area contributed by atoms with Crippen molar-refractivity contribution in [1.29, 1.82) is 0 Å². The zero-order chi connectivity index (χ0) is 12.3. The highest BCUT2D eigenvalue weighted by atomic mass is 16.3. The minimum absolute atomic E-state index is 0.615. The van der Waals surface area contributed by atoms with Gasteiger partial charge in [0, 0.05) is 23.5 Å². The van der Waals surface area contributed by atoms with Crippen molar-refractivity contribution < 1.29 is 9.90 Å². The van der Waals surface area contributed by atoms with Gasteiger partial charge in [0.2, 0.25) is 0 Å². The summed E-state index contributed by atoms with van der Waals surface area (Å²) in [5.74, 6) is 0. The highest BCUT2D eigenvalue weighted by Crippen LogP contribution is 2.24. The number of aromatic nitrogens is 1. The Morgan fingerprint density at radius 1 is 1.35 bits per heavy atom. The third-order valence-electron chi connectivity index (χ3n) is 2.72. The highest BCUT2D eigenvalue weighted by molar-refractivity contribution is 5.75. The number of aliphatic hydroxyl groups is 1. The number of hydrogen-bond donors (Lipinski definition) is 1. The topological polar surface area (TPSA) is 50.2 Å². The average molecular weight is 227 g/mol. The average Bonchev–Trinajstić information content (AvgIpc) is 2.39. The summed E-state index contributed by atoms with van der Waals surface area (Å²) in [6.45, 7) is 1.88. The fourth-order valence-corrected chi connectivity index (χ4v) is 1.80. The molecule has 0 saturated carbocycles. The molecule has 1 heterocycles. The molecule has 0 saturated heterocycles. The number of carbonyl (C=O) groups excluding carboxylic acids is 1. The fraction of sp³-hybridized carbons (Fsp3) is 0.143.